The molecular weight excluding hydrogens is 240 g/mol. The molecule has 1 aromatic heterocycles. The maximum absolute atomic E-state index is 12.4. The lowest BCUT2D eigenvalue weighted by Gasteiger charge is -2.21. The summed E-state index contributed by atoms with van der Waals surface area (Å²) < 4.78 is 0. The Morgan fingerprint density at radius 1 is 1.32 bits per heavy atom. The molecule has 2 rings (SSSR count). The van der Waals surface area contributed by atoms with E-state index in [1.807, 2.05) is 19.9 Å². The van der Waals surface area contributed by atoms with Crippen LogP contribution in [0, 0.1) is 6.92 Å². The van der Waals surface area contributed by atoms with E-state index in [4.69, 9.17) is 0 Å². The van der Waals surface area contributed by atoms with Gasteiger partial charge in [-0.15, -0.1) is 0 Å². The number of amides is 1. The van der Waals surface area contributed by atoms with E-state index in [1.54, 1.807) is 41.4 Å². The van der Waals surface area contributed by atoms with Crippen molar-refractivity contribution in [2.24, 2.45) is 0 Å². The highest BCUT2D eigenvalue weighted by molar-refractivity contribution is 6.05. The normalized spacial score (nSPS) is 10.2. The lowest BCUT2D eigenvalue weighted by molar-refractivity contribution is 0.0988. The summed E-state index contributed by atoms with van der Waals surface area (Å²) in [5, 5.41) is 9.50. The second kappa shape index (κ2) is 5.52. The van der Waals surface area contributed by atoms with Crippen LogP contribution >= 0.6 is 0 Å². The smallest absolute Gasteiger partial charge is 0.259 e. The summed E-state index contributed by atoms with van der Waals surface area (Å²) in [6.07, 6.45) is 1.57. The molecule has 1 heterocycles. The quantitative estimate of drug-likeness (QED) is 0.918. The predicted molar refractivity (Wildman–Crippen MR) is 74.4 cm³/mol. The molecule has 0 radical (unpaired) electrons. The summed E-state index contributed by atoms with van der Waals surface area (Å²) in [6.45, 7) is 4.29. The zero-order chi connectivity index (χ0) is 13.8. The molecule has 2 aromatic rings. The van der Waals surface area contributed by atoms with Gasteiger partial charge < -0.3 is 10.0 Å². The van der Waals surface area contributed by atoms with Crippen molar-refractivity contribution in [3.8, 4) is 5.75 Å². The Morgan fingerprint density at radius 3 is 2.68 bits per heavy atom. The Labute approximate surface area is 112 Å². The van der Waals surface area contributed by atoms with Gasteiger partial charge >= 0.3 is 0 Å². The van der Waals surface area contributed by atoms with Gasteiger partial charge in [0.25, 0.3) is 5.91 Å². The number of nitrogens with zero attached hydrogens (tertiary/aromatic N) is 2. The summed E-state index contributed by atoms with van der Waals surface area (Å²) in [5.41, 5.74) is 2.08. The molecule has 0 spiro atoms. The first kappa shape index (κ1) is 13.1. The zero-order valence-corrected chi connectivity index (χ0v) is 11.0. The van der Waals surface area contributed by atoms with Crippen LogP contribution in [-0.4, -0.2) is 22.5 Å². The fourth-order valence-corrected chi connectivity index (χ4v) is 1.85. The van der Waals surface area contributed by atoms with Gasteiger partial charge in [-0.25, -0.2) is 0 Å². The molecule has 0 saturated heterocycles. The molecule has 0 atom stereocenters. The van der Waals surface area contributed by atoms with E-state index in [2.05, 4.69) is 4.98 Å². The lowest BCUT2D eigenvalue weighted by atomic mass is 10.2. The van der Waals surface area contributed by atoms with Gasteiger partial charge in [-0.05, 0) is 38.1 Å². The third kappa shape index (κ3) is 2.91. The maximum Gasteiger partial charge on any atom is 0.259 e. The summed E-state index contributed by atoms with van der Waals surface area (Å²) in [4.78, 5) is 18.1. The topological polar surface area (TPSA) is 53.4 Å². The Bertz CT molecular complexity index is 579. The standard InChI is InChI=1S/C15H16N2O2/c1-3-17(13-5-4-6-14(18)9-13)15(19)12-8-7-11(2)16-10-12/h4-10,18H,3H2,1-2H3. The number of phenols is 1. The van der Waals surface area contributed by atoms with Crippen LogP contribution in [0.4, 0.5) is 5.69 Å². The molecule has 0 unspecified atom stereocenters. The van der Waals surface area contributed by atoms with Crippen molar-refractivity contribution in [1.82, 2.24) is 4.98 Å². The van der Waals surface area contributed by atoms with E-state index in [0.717, 1.165) is 5.69 Å². The van der Waals surface area contributed by atoms with Crippen molar-refractivity contribution in [1.29, 1.82) is 0 Å². The van der Waals surface area contributed by atoms with Crippen LogP contribution in [0.5, 0.6) is 5.75 Å². The van der Waals surface area contributed by atoms with Gasteiger partial charge in [0.15, 0.2) is 0 Å². The molecule has 98 valence electrons. The molecule has 0 bridgehead atoms. The Morgan fingerprint density at radius 2 is 2.11 bits per heavy atom. The van der Waals surface area contributed by atoms with E-state index in [9.17, 15) is 9.90 Å². The minimum Gasteiger partial charge on any atom is -0.508 e. The zero-order valence-electron chi connectivity index (χ0n) is 11.0. The number of hydrogen-bond donors (Lipinski definition) is 1. The van der Waals surface area contributed by atoms with Gasteiger partial charge in [0.05, 0.1) is 5.56 Å². The highest BCUT2D eigenvalue weighted by Crippen LogP contribution is 2.21. The molecule has 19 heavy (non-hydrogen) atoms. The van der Waals surface area contributed by atoms with Crippen molar-refractivity contribution >= 4 is 11.6 Å². The fraction of sp³-hybridized carbons (Fsp3) is 0.200. The maximum atomic E-state index is 12.4. The van der Waals surface area contributed by atoms with Gasteiger partial charge in [-0.2, -0.15) is 0 Å². The number of benzene rings is 1. The molecule has 0 fully saturated rings. The van der Waals surface area contributed by atoms with Crippen molar-refractivity contribution in [2.45, 2.75) is 13.8 Å². The van der Waals surface area contributed by atoms with Crippen molar-refractivity contribution < 1.29 is 9.90 Å². The number of rotatable bonds is 3. The van der Waals surface area contributed by atoms with Crippen LogP contribution < -0.4 is 4.90 Å². The molecule has 4 heteroatoms. The molecule has 1 amide bonds. The number of aromatic nitrogens is 1. The van der Waals surface area contributed by atoms with Gasteiger partial charge in [-0.1, -0.05) is 6.07 Å². The number of phenolic OH excluding ortho intramolecular Hbond substituents is 1. The predicted octanol–water partition coefficient (Wildman–Crippen LogP) is 2.76. The van der Waals surface area contributed by atoms with Crippen LogP contribution in [0.3, 0.4) is 0 Å². The SMILES string of the molecule is CCN(C(=O)c1ccc(C)nc1)c1cccc(O)c1. The molecule has 0 saturated carbocycles. The van der Waals surface area contributed by atoms with E-state index in [0.29, 0.717) is 17.8 Å². The molecule has 1 aromatic carbocycles. The number of pyridine rings is 1. The van der Waals surface area contributed by atoms with Crippen molar-refractivity contribution in [3.63, 3.8) is 0 Å². The monoisotopic (exact) mass is 256 g/mol. The molecule has 1 N–H and O–H groups in total. The number of carbonyl (C=O) groups is 1. The van der Waals surface area contributed by atoms with Crippen LogP contribution in [0.25, 0.3) is 0 Å². The Hall–Kier alpha value is -2.36. The summed E-state index contributed by atoms with van der Waals surface area (Å²) >= 11 is 0. The van der Waals surface area contributed by atoms with Crippen LogP contribution in [0.15, 0.2) is 42.6 Å². The highest BCUT2D eigenvalue weighted by atomic mass is 16.3. The second-order valence-electron chi connectivity index (χ2n) is 4.26. The number of anilines is 1. The van der Waals surface area contributed by atoms with Gasteiger partial charge in [-0.3, -0.25) is 9.78 Å². The van der Waals surface area contributed by atoms with Crippen LogP contribution in [0.2, 0.25) is 0 Å². The Kier molecular flexibility index (Phi) is 3.80. The van der Waals surface area contributed by atoms with Crippen LogP contribution in [0.1, 0.15) is 23.0 Å². The fourth-order valence-electron chi connectivity index (χ4n) is 1.85. The lowest BCUT2D eigenvalue weighted by Crippen LogP contribution is -2.30. The number of aryl methyl sites for hydroxylation is 1. The number of carbonyl (C=O) groups excluding carboxylic acids is 1. The molecular formula is C15H16N2O2. The average molecular weight is 256 g/mol. The van der Waals surface area contributed by atoms with E-state index in [-0.39, 0.29) is 11.7 Å². The first-order valence-electron chi connectivity index (χ1n) is 6.15. The number of hydrogen-bond acceptors (Lipinski definition) is 3. The second-order valence-corrected chi connectivity index (χ2v) is 4.26. The van der Waals surface area contributed by atoms with E-state index >= 15 is 0 Å². The minimum absolute atomic E-state index is 0.124. The largest absolute Gasteiger partial charge is 0.508 e. The molecule has 0 aliphatic heterocycles. The molecule has 0 aliphatic carbocycles. The number of aromatic hydroxyl groups is 1. The summed E-state index contributed by atoms with van der Waals surface area (Å²) in [6, 6.07) is 10.2. The van der Waals surface area contributed by atoms with Gasteiger partial charge in [0.2, 0.25) is 0 Å². The highest BCUT2D eigenvalue weighted by Gasteiger charge is 2.16. The average Bonchev–Trinajstić information content (AvgIpc) is 2.40. The molecule has 4 nitrogen and oxygen atoms in total. The first-order chi connectivity index (χ1) is 9.11. The summed E-state index contributed by atoms with van der Waals surface area (Å²) in [5.74, 6) is 0.0198. The first-order valence-corrected chi connectivity index (χ1v) is 6.15. The Balaban J connectivity index is 2.31. The van der Waals surface area contributed by atoms with Gasteiger partial charge in [0.1, 0.15) is 5.75 Å². The van der Waals surface area contributed by atoms with Crippen molar-refractivity contribution in [2.75, 3.05) is 11.4 Å². The van der Waals surface area contributed by atoms with Crippen molar-refractivity contribution in [3.05, 3.63) is 53.9 Å². The minimum atomic E-state index is -0.124. The van der Waals surface area contributed by atoms with Crippen LogP contribution in [-0.2, 0) is 0 Å². The third-order valence-electron chi connectivity index (χ3n) is 2.86. The van der Waals surface area contributed by atoms with Gasteiger partial charge in [0, 0.05) is 30.2 Å². The van der Waals surface area contributed by atoms with E-state index in [1.165, 1.54) is 0 Å². The summed E-state index contributed by atoms with van der Waals surface area (Å²) in [7, 11) is 0. The van der Waals surface area contributed by atoms with E-state index < -0.39 is 0 Å². The molecule has 0 aliphatic rings. The third-order valence-corrected chi connectivity index (χ3v) is 2.86.